The van der Waals surface area contributed by atoms with Crippen molar-refractivity contribution in [1.29, 1.82) is 5.26 Å². The number of hydrogen-bond acceptors (Lipinski definition) is 5. The van der Waals surface area contributed by atoms with E-state index in [0.29, 0.717) is 18.8 Å². The average Bonchev–Trinajstić information content (AvgIpc) is 2.75. The van der Waals surface area contributed by atoms with E-state index in [2.05, 4.69) is 6.92 Å². The number of aromatic nitrogens is 1. The van der Waals surface area contributed by atoms with Gasteiger partial charge in [0.2, 0.25) is 5.88 Å². The Kier molecular flexibility index (Phi) is 9.61. The maximum atomic E-state index is 13.3. The molecule has 0 aliphatic rings. The molecule has 0 aliphatic carbocycles. The highest BCUT2D eigenvalue weighted by molar-refractivity contribution is 6.38. The molecular formula is C24H28Cl2N2O4. The lowest BCUT2D eigenvalue weighted by Gasteiger charge is -2.16. The predicted octanol–water partition coefficient (Wildman–Crippen LogP) is 6.03. The van der Waals surface area contributed by atoms with Crippen LogP contribution in [0, 0.1) is 18.3 Å². The van der Waals surface area contributed by atoms with Crippen LogP contribution in [0.1, 0.15) is 79.4 Å². The average molecular weight is 479 g/mol. The van der Waals surface area contributed by atoms with Crippen LogP contribution in [0.3, 0.4) is 0 Å². The van der Waals surface area contributed by atoms with Crippen molar-refractivity contribution in [2.45, 2.75) is 65.8 Å². The van der Waals surface area contributed by atoms with Crippen LogP contribution in [0.15, 0.2) is 16.9 Å². The molecule has 1 aromatic heterocycles. The van der Waals surface area contributed by atoms with Gasteiger partial charge in [-0.1, -0.05) is 62.7 Å². The highest BCUT2D eigenvalue weighted by Gasteiger charge is 2.26. The van der Waals surface area contributed by atoms with Crippen molar-refractivity contribution in [2.75, 3.05) is 6.61 Å². The van der Waals surface area contributed by atoms with Crippen LogP contribution in [0.4, 0.5) is 0 Å². The number of pyridine rings is 1. The van der Waals surface area contributed by atoms with E-state index >= 15 is 0 Å². The predicted molar refractivity (Wildman–Crippen MR) is 126 cm³/mol. The first-order chi connectivity index (χ1) is 15.3. The van der Waals surface area contributed by atoms with Gasteiger partial charge in [0.05, 0.1) is 22.2 Å². The molecule has 2 rings (SSSR count). The first-order valence-corrected chi connectivity index (χ1v) is 11.6. The van der Waals surface area contributed by atoms with Gasteiger partial charge < -0.3 is 9.84 Å². The van der Waals surface area contributed by atoms with E-state index in [0.717, 1.165) is 30.3 Å². The molecule has 172 valence electrons. The standard InChI is InChI=1S/C24H28Cl2N2O4/c1-4-6-7-8-9-11-32-22-18(25)12-16(13-19(22)26)21(29)20-15(3)17(14-27)23(30)28(10-5-2)24(20)31/h12-13,31H,4-11H2,1-3H3. The van der Waals surface area contributed by atoms with Crippen LogP contribution in [0.2, 0.25) is 10.0 Å². The quantitative estimate of drug-likeness (QED) is 0.314. The monoisotopic (exact) mass is 478 g/mol. The van der Waals surface area contributed by atoms with Crippen molar-refractivity contribution >= 4 is 29.0 Å². The molecule has 8 heteroatoms. The van der Waals surface area contributed by atoms with Crippen molar-refractivity contribution in [3.05, 3.63) is 54.8 Å². The zero-order chi connectivity index (χ0) is 23.8. The number of ether oxygens (including phenoxy) is 1. The zero-order valence-corrected chi connectivity index (χ0v) is 20.1. The second-order valence-electron chi connectivity index (χ2n) is 7.63. The van der Waals surface area contributed by atoms with E-state index < -0.39 is 17.2 Å². The van der Waals surface area contributed by atoms with Gasteiger partial charge in [-0.2, -0.15) is 5.26 Å². The van der Waals surface area contributed by atoms with Crippen molar-refractivity contribution in [3.8, 4) is 17.7 Å². The van der Waals surface area contributed by atoms with Gasteiger partial charge in [0.1, 0.15) is 11.6 Å². The molecule has 0 saturated heterocycles. The van der Waals surface area contributed by atoms with Crippen molar-refractivity contribution in [3.63, 3.8) is 0 Å². The molecule has 1 aromatic carbocycles. The van der Waals surface area contributed by atoms with E-state index in [9.17, 15) is 20.0 Å². The Hall–Kier alpha value is -2.49. The third-order valence-electron chi connectivity index (χ3n) is 5.23. The summed E-state index contributed by atoms with van der Waals surface area (Å²) < 4.78 is 6.77. The van der Waals surface area contributed by atoms with E-state index in [1.165, 1.54) is 25.5 Å². The first-order valence-electron chi connectivity index (χ1n) is 10.8. The third kappa shape index (κ3) is 5.65. The molecule has 32 heavy (non-hydrogen) atoms. The van der Waals surface area contributed by atoms with Crippen molar-refractivity contribution in [1.82, 2.24) is 4.57 Å². The van der Waals surface area contributed by atoms with Gasteiger partial charge in [0, 0.05) is 12.1 Å². The highest BCUT2D eigenvalue weighted by atomic mass is 35.5. The SMILES string of the molecule is CCCCCCCOc1c(Cl)cc(C(=O)c2c(C)c(C#N)c(=O)n(CCC)c2O)cc1Cl. The fourth-order valence-corrected chi connectivity index (χ4v) is 4.10. The summed E-state index contributed by atoms with van der Waals surface area (Å²) in [6, 6.07) is 4.68. The number of benzene rings is 1. The number of nitrogens with zero attached hydrogens (tertiary/aromatic N) is 2. The summed E-state index contributed by atoms with van der Waals surface area (Å²) in [4.78, 5) is 25.7. The number of hydrogen-bond donors (Lipinski definition) is 1. The largest absolute Gasteiger partial charge is 0.494 e. The fraction of sp³-hybridized carbons (Fsp3) is 0.458. The molecule has 0 atom stereocenters. The Balaban J connectivity index is 2.37. The van der Waals surface area contributed by atoms with Gasteiger partial charge >= 0.3 is 0 Å². The molecule has 0 radical (unpaired) electrons. The normalized spacial score (nSPS) is 10.8. The van der Waals surface area contributed by atoms with Crippen LogP contribution in [0.25, 0.3) is 0 Å². The smallest absolute Gasteiger partial charge is 0.271 e. The highest BCUT2D eigenvalue weighted by Crippen LogP contribution is 2.36. The maximum absolute atomic E-state index is 13.3. The van der Waals surface area contributed by atoms with E-state index in [-0.39, 0.29) is 38.8 Å². The Labute approximate surface area is 198 Å². The summed E-state index contributed by atoms with van der Waals surface area (Å²) in [6.45, 7) is 6.07. The minimum atomic E-state index is -0.625. The number of aromatic hydroxyl groups is 1. The Morgan fingerprint density at radius 3 is 2.31 bits per heavy atom. The van der Waals surface area contributed by atoms with Crippen molar-refractivity contribution < 1.29 is 14.6 Å². The van der Waals surface area contributed by atoms with E-state index in [1.807, 2.05) is 13.0 Å². The van der Waals surface area contributed by atoms with Crippen molar-refractivity contribution in [2.24, 2.45) is 0 Å². The maximum Gasteiger partial charge on any atom is 0.271 e. The van der Waals surface area contributed by atoms with Gasteiger partial charge in [0.15, 0.2) is 11.5 Å². The molecule has 0 spiro atoms. The minimum absolute atomic E-state index is 0.118. The fourth-order valence-electron chi connectivity index (χ4n) is 3.51. The van der Waals surface area contributed by atoms with Gasteiger partial charge in [-0.05, 0) is 37.5 Å². The number of halogens is 2. The second-order valence-corrected chi connectivity index (χ2v) is 8.44. The molecular weight excluding hydrogens is 451 g/mol. The number of nitriles is 1. The summed E-state index contributed by atoms with van der Waals surface area (Å²) in [6.07, 6.45) is 5.95. The Morgan fingerprint density at radius 2 is 1.75 bits per heavy atom. The summed E-state index contributed by atoms with van der Waals surface area (Å²) in [5, 5.41) is 20.4. The van der Waals surface area contributed by atoms with Crippen LogP contribution in [-0.2, 0) is 6.54 Å². The minimum Gasteiger partial charge on any atom is -0.494 e. The Bertz CT molecular complexity index is 1060. The van der Waals surface area contributed by atoms with Gasteiger partial charge in [0.25, 0.3) is 5.56 Å². The topological polar surface area (TPSA) is 92.3 Å². The lowest BCUT2D eigenvalue weighted by molar-refractivity contribution is 0.103. The molecule has 0 amide bonds. The molecule has 1 N–H and O–H groups in total. The second kappa shape index (κ2) is 11.9. The van der Waals surface area contributed by atoms with Crippen LogP contribution in [-0.4, -0.2) is 22.1 Å². The number of rotatable bonds is 11. The molecule has 1 heterocycles. The lowest BCUT2D eigenvalue weighted by Crippen LogP contribution is -2.26. The first kappa shape index (κ1) is 25.8. The summed E-state index contributed by atoms with van der Waals surface area (Å²) in [5.74, 6) is -0.760. The van der Waals surface area contributed by atoms with Gasteiger partial charge in [-0.25, -0.2) is 0 Å². The number of carbonyl (C=O) groups is 1. The third-order valence-corrected chi connectivity index (χ3v) is 5.79. The molecule has 6 nitrogen and oxygen atoms in total. The number of ketones is 1. The number of carbonyl (C=O) groups excluding carboxylic acids is 1. The van der Waals surface area contributed by atoms with Gasteiger partial charge in [-0.3, -0.25) is 14.2 Å². The molecule has 0 aliphatic heterocycles. The lowest BCUT2D eigenvalue weighted by atomic mass is 9.97. The van der Waals surface area contributed by atoms with Crippen LogP contribution in [0.5, 0.6) is 11.6 Å². The Morgan fingerprint density at radius 1 is 1.12 bits per heavy atom. The molecule has 0 saturated carbocycles. The van der Waals surface area contributed by atoms with E-state index in [4.69, 9.17) is 27.9 Å². The van der Waals surface area contributed by atoms with Gasteiger partial charge in [-0.15, -0.1) is 0 Å². The molecule has 2 aromatic rings. The van der Waals surface area contributed by atoms with Crippen LogP contribution >= 0.6 is 23.2 Å². The molecule has 0 unspecified atom stereocenters. The number of unbranched alkanes of at least 4 members (excludes halogenated alkanes) is 4. The summed E-state index contributed by atoms with van der Waals surface area (Å²) in [7, 11) is 0. The molecule has 0 bridgehead atoms. The van der Waals surface area contributed by atoms with Crippen LogP contribution < -0.4 is 10.3 Å². The van der Waals surface area contributed by atoms with E-state index in [1.54, 1.807) is 0 Å². The molecule has 0 fully saturated rings. The summed E-state index contributed by atoms with van der Waals surface area (Å²) >= 11 is 12.7. The summed E-state index contributed by atoms with van der Waals surface area (Å²) in [5.41, 5.74) is -0.683. The zero-order valence-electron chi connectivity index (χ0n) is 18.6.